The molecule has 1 unspecified atom stereocenters. The average molecular weight is 352 g/mol. The summed E-state index contributed by atoms with van der Waals surface area (Å²) >= 11 is 0. The second-order valence-corrected chi connectivity index (χ2v) is 6.51. The van der Waals surface area contributed by atoms with Gasteiger partial charge in [-0.3, -0.25) is 9.59 Å². The number of ether oxygens (including phenoxy) is 1. The fraction of sp³-hybridized carbons (Fsp3) is 0.333. The summed E-state index contributed by atoms with van der Waals surface area (Å²) in [6.07, 6.45) is 1.62. The topological polar surface area (TPSA) is 72.6 Å². The summed E-state index contributed by atoms with van der Waals surface area (Å²) in [4.78, 5) is 26.2. The first-order chi connectivity index (χ1) is 12.6. The van der Waals surface area contributed by atoms with Crippen LogP contribution in [0.15, 0.2) is 48.5 Å². The lowest BCUT2D eigenvalue weighted by Crippen LogP contribution is -2.44. The van der Waals surface area contributed by atoms with Crippen molar-refractivity contribution in [3.05, 3.63) is 59.7 Å². The number of hydrogen-bond donors (Lipinski definition) is 1. The molecule has 2 aromatic rings. The molecule has 0 radical (unpaired) electrons. The highest BCUT2D eigenvalue weighted by atomic mass is 16.5. The number of hydrogen-bond acceptors (Lipinski definition) is 3. The molecule has 136 valence electrons. The van der Waals surface area contributed by atoms with Gasteiger partial charge in [-0.1, -0.05) is 30.3 Å². The number of rotatable bonds is 6. The lowest BCUT2D eigenvalue weighted by molar-refractivity contribution is -0.122. The molecule has 0 saturated carbocycles. The average Bonchev–Trinajstić information content (AvgIpc) is 2.66. The SMILES string of the molecule is CCOc1ccc(CCC(=O)N2CC(C(N)=O)Cc3ccccc32)cc1. The molecule has 0 aromatic heterocycles. The van der Waals surface area contributed by atoms with E-state index in [9.17, 15) is 9.59 Å². The van der Waals surface area contributed by atoms with Gasteiger partial charge >= 0.3 is 0 Å². The van der Waals surface area contributed by atoms with Crippen LogP contribution in [0.3, 0.4) is 0 Å². The Balaban J connectivity index is 1.69. The minimum Gasteiger partial charge on any atom is -0.494 e. The highest BCUT2D eigenvalue weighted by Crippen LogP contribution is 2.30. The Morgan fingerprint density at radius 3 is 2.58 bits per heavy atom. The molecule has 26 heavy (non-hydrogen) atoms. The normalized spacial score (nSPS) is 16.0. The molecular formula is C21H24N2O3. The summed E-state index contributed by atoms with van der Waals surface area (Å²) in [5.74, 6) is 0.150. The van der Waals surface area contributed by atoms with E-state index in [0.29, 0.717) is 32.4 Å². The van der Waals surface area contributed by atoms with Gasteiger partial charge in [-0.05, 0) is 49.1 Å². The number of carbonyl (C=O) groups is 2. The summed E-state index contributed by atoms with van der Waals surface area (Å²) in [5.41, 5.74) is 8.47. The Morgan fingerprint density at radius 1 is 1.15 bits per heavy atom. The van der Waals surface area contributed by atoms with Crippen molar-refractivity contribution in [2.24, 2.45) is 11.7 Å². The van der Waals surface area contributed by atoms with Crippen molar-refractivity contribution in [2.45, 2.75) is 26.2 Å². The number of carbonyl (C=O) groups excluding carboxylic acids is 2. The lowest BCUT2D eigenvalue weighted by Gasteiger charge is -2.33. The molecule has 1 atom stereocenters. The maximum atomic E-state index is 12.8. The molecule has 0 fully saturated rings. The van der Waals surface area contributed by atoms with Gasteiger partial charge in [-0.25, -0.2) is 0 Å². The number of fused-ring (bicyclic) bond motifs is 1. The Bertz CT molecular complexity index is 786. The van der Waals surface area contributed by atoms with Crippen LogP contribution in [0.25, 0.3) is 0 Å². The molecule has 2 aromatic carbocycles. The van der Waals surface area contributed by atoms with Crippen LogP contribution < -0.4 is 15.4 Å². The number of anilines is 1. The third-order valence-electron chi connectivity index (χ3n) is 4.72. The van der Waals surface area contributed by atoms with Gasteiger partial charge in [0.2, 0.25) is 11.8 Å². The minimum atomic E-state index is -0.358. The van der Waals surface area contributed by atoms with Crippen molar-refractivity contribution in [1.82, 2.24) is 0 Å². The smallest absolute Gasteiger partial charge is 0.227 e. The highest BCUT2D eigenvalue weighted by molar-refractivity contribution is 5.96. The maximum Gasteiger partial charge on any atom is 0.227 e. The van der Waals surface area contributed by atoms with Gasteiger partial charge in [0, 0.05) is 18.7 Å². The van der Waals surface area contributed by atoms with Crippen LogP contribution in [0, 0.1) is 5.92 Å². The Morgan fingerprint density at radius 2 is 1.88 bits per heavy atom. The third-order valence-corrected chi connectivity index (χ3v) is 4.72. The quantitative estimate of drug-likeness (QED) is 0.869. The molecule has 2 amide bonds. The van der Waals surface area contributed by atoms with Crippen molar-refractivity contribution in [3.63, 3.8) is 0 Å². The Kier molecular flexibility index (Phi) is 5.56. The summed E-state index contributed by atoms with van der Waals surface area (Å²) in [6.45, 7) is 2.93. The number of para-hydroxylation sites is 1. The van der Waals surface area contributed by atoms with Crippen LogP contribution >= 0.6 is 0 Å². The predicted molar refractivity (Wildman–Crippen MR) is 101 cm³/mol. The highest BCUT2D eigenvalue weighted by Gasteiger charge is 2.30. The van der Waals surface area contributed by atoms with Crippen molar-refractivity contribution in [3.8, 4) is 5.75 Å². The van der Waals surface area contributed by atoms with Crippen LogP contribution in [0.5, 0.6) is 5.75 Å². The number of nitrogens with two attached hydrogens (primary N) is 1. The molecule has 1 heterocycles. The van der Waals surface area contributed by atoms with Gasteiger partial charge in [0.15, 0.2) is 0 Å². The zero-order valence-corrected chi connectivity index (χ0v) is 15.0. The second-order valence-electron chi connectivity index (χ2n) is 6.51. The zero-order chi connectivity index (χ0) is 18.5. The molecule has 3 rings (SSSR count). The molecular weight excluding hydrogens is 328 g/mol. The first-order valence-corrected chi connectivity index (χ1v) is 8.97. The van der Waals surface area contributed by atoms with E-state index in [-0.39, 0.29) is 17.7 Å². The molecule has 1 aliphatic heterocycles. The summed E-state index contributed by atoms with van der Waals surface area (Å²) in [5, 5.41) is 0. The van der Waals surface area contributed by atoms with E-state index in [4.69, 9.17) is 10.5 Å². The number of amides is 2. The van der Waals surface area contributed by atoms with Gasteiger partial charge < -0.3 is 15.4 Å². The summed E-state index contributed by atoms with van der Waals surface area (Å²) < 4.78 is 5.44. The largest absolute Gasteiger partial charge is 0.494 e. The number of benzene rings is 2. The molecule has 0 spiro atoms. The van der Waals surface area contributed by atoms with Crippen LogP contribution in [-0.4, -0.2) is 25.0 Å². The molecule has 5 nitrogen and oxygen atoms in total. The van der Waals surface area contributed by atoms with Gasteiger partial charge in [-0.15, -0.1) is 0 Å². The molecule has 1 aliphatic rings. The minimum absolute atomic E-state index is 0.0114. The monoisotopic (exact) mass is 352 g/mol. The van der Waals surface area contributed by atoms with E-state index in [1.165, 1.54) is 0 Å². The van der Waals surface area contributed by atoms with Crippen LogP contribution in [-0.2, 0) is 22.4 Å². The van der Waals surface area contributed by atoms with Gasteiger partial charge in [0.25, 0.3) is 0 Å². The molecule has 0 saturated heterocycles. The van der Waals surface area contributed by atoms with Crippen molar-refractivity contribution in [1.29, 1.82) is 0 Å². The summed E-state index contributed by atoms with van der Waals surface area (Å²) in [7, 11) is 0. The maximum absolute atomic E-state index is 12.8. The zero-order valence-electron chi connectivity index (χ0n) is 15.0. The van der Waals surface area contributed by atoms with E-state index < -0.39 is 0 Å². The Hall–Kier alpha value is -2.82. The lowest BCUT2D eigenvalue weighted by atomic mass is 9.91. The Labute approximate surface area is 153 Å². The van der Waals surface area contributed by atoms with Gasteiger partial charge in [-0.2, -0.15) is 0 Å². The predicted octanol–water partition coefficient (Wildman–Crippen LogP) is 2.71. The van der Waals surface area contributed by atoms with Crippen molar-refractivity contribution < 1.29 is 14.3 Å². The fourth-order valence-corrected chi connectivity index (χ4v) is 3.33. The number of primary amides is 1. The second kappa shape index (κ2) is 8.04. The number of nitrogens with zero attached hydrogens (tertiary/aromatic N) is 1. The van der Waals surface area contributed by atoms with E-state index in [2.05, 4.69) is 0 Å². The molecule has 0 aliphatic carbocycles. The van der Waals surface area contributed by atoms with Crippen LogP contribution in [0.1, 0.15) is 24.5 Å². The van der Waals surface area contributed by atoms with Crippen LogP contribution in [0.4, 0.5) is 5.69 Å². The molecule has 0 bridgehead atoms. The first kappa shape index (κ1) is 18.0. The van der Waals surface area contributed by atoms with Crippen molar-refractivity contribution in [2.75, 3.05) is 18.1 Å². The fourth-order valence-electron chi connectivity index (χ4n) is 3.33. The van der Waals surface area contributed by atoms with Gasteiger partial charge in [0.05, 0.1) is 12.5 Å². The van der Waals surface area contributed by atoms with Crippen LogP contribution in [0.2, 0.25) is 0 Å². The summed E-state index contributed by atoms with van der Waals surface area (Å²) in [6, 6.07) is 15.5. The first-order valence-electron chi connectivity index (χ1n) is 8.97. The standard InChI is InChI=1S/C21H24N2O3/c1-2-26-18-10-7-15(8-11-18)9-12-20(24)23-14-17(21(22)25)13-16-5-3-4-6-19(16)23/h3-8,10-11,17H,2,9,12-14H2,1H3,(H2,22,25). The van der Waals surface area contributed by atoms with Gasteiger partial charge in [0.1, 0.15) is 5.75 Å². The van der Waals surface area contributed by atoms with E-state index in [0.717, 1.165) is 22.6 Å². The number of aryl methyl sites for hydroxylation is 1. The van der Waals surface area contributed by atoms with Crippen molar-refractivity contribution >= 4 is 17.5 Å². The van der Waals surface area contributed by atoms with E-state index >= 15 is 0 Å². The van der Waals surface area contributed by atoms with E-state index in [1.807, 2.05) is 55.5 Å². The molecule has 5 heteroatoms. The molecule has 2 N–H and O–H groups in total. The third kappa shape index (κ3) is 4.04. The van der Waals surface area contributed by atoms with E-state index in [1.54, 1.807) is 4.90 Å².